The van der Waals surface area contributed by atoms with Gasteiger partial charge in [0.25, 0.3) is 0 Å². The third-order valence-electron chi connectivity index (χ3n) is 2.64. The van der Waals surface area contributed by atoms with Crippen molar-refractivity contribution >= 4 is 38.5 Å². The molecule has 0 aliphatic carbocycles. The number of anilines is 2. The fourth-order valence-corrected chi connectivity index (χ4v) is 2.00. The molecule has 0 saturated carbocycles. The van der Waals surface area contributed by atoms with E-state index in [4.69, 9.17) is 0 Å². The van der Waals surface area contributed by atoms with Crippen LogP contribution in [0.3, 0.4) is 0 Å². The van der Waals surface area contributed by atoms with Crippen LogP contribution in [0.5, 0.6) is 0 Å². The summed E-state index contributed by atoms with van der Waals surface area (Å²) in [5.41, 5.74) is 1.78. The van der Waals surface area contributed by atoms with Gasteiger partial charge in [0.1, 0.15) is 12.1 Å². The molecule has 3 aromatic rings. The Morgan fingerprint density at radius 2 is 1.94 bits per heavy atom. The van der Waals surface area contributed by atoms with Gasteiger partial charge in [-0.15, -0.1) is 0 Å². The predicted molar refractivity (Wildman–Crippen MR) is 73.7 cm³/mol. The summed E-state index contributed by atoms with van der Waals surface area (Å²) in [6, 6.07) is 7.91. The molecule has 0 bridgehead atoms. The van der Waals surface area contributed by atoms with Gasteiger partial charge in [-0.05, 0) is 24.3 Å². The van der Waals surface area contributed by atoms with Crippen molar-refractivity contribution in [2.45, 2.75) is 0 Å². The minimum Gasteiger partial charge on any atom is -0.340 e. The van der Waals surface area contributed by atoms with Gasteiger partial charge in [-0.3, -0.25) is 4.68 Å². The average Bonchev–Trinajstić information content (AvgIpc) is 2.76. The zero-order valence-electron chi connectivity index (χ0n) is 9.63. The Hall–Kier alpha value is -1.95. The monoisotopic (exact) mass is 303 g/mol. The smallest absolute Gasteiger partial charge is 0.163 e. The molecular formula is C12H10BrN5. The number of halogens is 1. The lowest BCUT2D eigenvalue weighted by Crippen LogP contribution is -1.96. The van der Waals surface area contributed by atoms with E-state index in [9.17, 15) is 0 Å². The third-order valence-corrected chi connectivity index (χ3v) is 3.17. The standard InChI is InChI=1S/C12H10BrN5/c1-18-12-10(6-16-18)11(14-7-15-12)17-9-4-2-8(13)3-5-9/h2-7H,1H3,(H,14,15,17). The van der Waals surface area contributed by atoms with Crippen molar-refractivity contribution in [2.75, 3.05) is 5.32 Å². The van der Waals surface area contributed by atoms with Crippen LogP contribution in [0, 0.1) is 0 Å². The number of hydrogen-bond donors (Lipinski definition) is 1. The molecule has 0 aliphatic heterocycles. The number of rotatable bonds is 2. The maximum atomic E-state index is 4.25. The van der Waals surface area contributed by atoms with Crippen molar-refractivity contribution in [1.82, 2.24) is 19.7 Å². The molecular weight excluding hydrogens is 294 g/mol. The van der Waals surface area contributed by atoms with Gasteiger partial charge in [0.2, 0.25) is 0 Å². The van der Waals surface area contributed by atoms with Gasteiger partial charge in [0, 0.05) is 17.2 Å². The lowest BCUT2D eigenvalue weighted by atomic mass is 10.3. The van der Waals surface area contributed by atoms with Crippen molar-refractivity contribution in [2.24, 2.45) is 7.05 Å². The van der Waals surface area contributed by atoms with E-state index in [1.54, 1.807) is 10.9 Å². The average molecular weight is 304 g/mol. The van der Waals surface area contributed by atoms with Crippen LogP contribution in [0.25, 0.3) is 11.0 Å². The summed E-state index contributed by atoms with van der Waals surface area (Å²) < 4.78 is 2.77. The highest BCUT2D eigenvalue weighted by Crippen LogP contribution is 2.23. The van der Waals surface area contributed by atoms with Crippen LogP contribution in [0.15, 0.2) is 41.3 Å². The van der Waals surface area contributed by atoms with Crippen LogP contribution in [0.4, 0.5) is 11.5 Å². The summed E-state index contributed by atoms with van der Waals surface area (Å²) in [6.45, 7) is 0. The zero-order valence-corrected chi connectivity index (χ0v) is 11.2. The molecule has 2 heterocycles. The Morgan fingerprint density at radius 3 is 2.72 bits per heavy atom. The van der Waals surface area contributed by atoms with Crippen molar-refractivity contribution in [3.8, 4) is 0 Å². The third kappa shape index (κ3) is 1.95. The van der Waals surface area contributed by atoms with Crippen molar-refractivity contribution in [1.29, 1.82) is 0 Å². The summed E-state index contributed by atoms with van der Waals surface area (Å²) >= 11 is 3.41. The molecule has 6 heteroatoms. The highest BCUT2D eigenvalue weighted by atomic mass is 79.9. The number of aryl methyl sites for hydroxylation is 1. The first kappa shape index (κ1) is 11.2. The summed E-state index contributed by atoms with van der Waals surface area (Å²) in [7, 11) is 1.86. The van der Waals surface area contributed by atoms with Gasteiger partial charge in [0.05, 0.1) is 11.6 Å². The number of benzene rings is 1. The molecule has 0 aliphatic rings. The fraction of sp³-hybridized carbons (Fsp3) is 0.0833. The predicted octanol–water partition coefficient (Wildman–Crippen LogP) is 2.87. The quantitative estimate of drug-likeness (QED) is 0.791. The lowest BCUT2D eigenvalue weighted by molar-refractivity contribution is 0.785. The van der Waals surface area contributed by atoms with Gasteiger partial charge in [-0.25, -0.2) is 9.97 Å². The van der Waals surface area contributed by atoms with E-state index in [-0.39, 0.29) is 0 Å². The summed E-state index contributed by atoms with van der Waals surface area (Å²) in [4.78, 5) is 8.45. The van der Waals surface area contributed by atoms with Gasteiger partial charge in [0.15, 0.2) is 5.65 Å². The van der Waals surface area contributed by atoms with E-state index in [2.05, 4.69) is 36.3 Å². The van der Waals surface area contributed by atoms with E-state index in [0.29, 0.717) is 0 Å². The first-order chi connectivity index (χ1) is 8.74. The van der Waals surface area contributed by atoms with Crippen LogP contribution in [0.2, 0.25) is 0 Å². The van der Waals surface area contributed by atoms with Crippen LogP contribution in [-0.2, 0) is 7.05 Å². The summed E-state index contributed by atoms with van der Waals surface area (Å²) in [5.74, 6) is 0.760. The van der Waals surface area contributed by atoms with Crippen molar-refractivity contribution in [3.05, 3.63) is 41.3 Å². The second-order valence-corrected chi connectivity index (χ2v) is 4.78. The van der Waals surface area contributed by atoms with Gasteiger partial charge in [-0.1, -0.05) is 15.9 Å². The Morgan fingerprint density at radius 1 is 1.17 bits per heavy atom. The molecule has 1 N–H and O–H groups in total. The SMILES string of the molecule is Cn1ncc2c(Nc3ccc(Br)cc3)ncnc21. The molecule has 90 valence electrons. The Kier molecular flexibility index (Phi) is 2.71. The molecule has 1 aromatic carbocycles. The highest BCUT2D eigenvalue weighted by molar-refractivity contribution is 9.10. The Labute approximate surface area is 112 Å². The van der Waals surface area contributed by atoms with Gasteiger partial charge in [-0.2, -0.15) is 5.10 Å². The number of nitrogens with one attached hydrogen (secondary N) is 1. The molecule has 0 saturated heterocycles. The molecule has 0 unspecified atom stereocenters. The van der Waals surface area contributed by atoms with Crippen molar-refractivity contribution < 1.29 is 0 Å². The first-order valence-electron chi connectivity index (χ1n) is 5.39. The van der Waals surface area contributed by atoms with Crippen LogP contribution < -0.4 is 5.32 Å². The molecule has 0 spiro atoms. The molecule has 0 radical (unpaired) electrons. The molecule has 5 nitrogen and oxygen atoms in total. The van der Waals surface area contributed by atoms with Crippen LogP contribution >= 0.6 is 15.9 Å². The van der Waals surface area contributed by atoms with Crippen LogP contribution in [-0.4, -0.2) is 19.7 Å². The van der Waals surface area contributed by atoms with Crippen molar-refractivity contribution in [3.63, 3.8) is 0 Å². The topological polar surface area (TPSA) is 55.6 Å². The minimum atomic E-state index is 0.760. The van der Waals surface area contributed by atoms with Crippen LogP contribution in [0.1, 0.15) is 0 Å². The van der Waals surface area contributed by atoms with Gasteiger partial charge < -0.3 is 5.32 Å². The molecule has 18 heavy (non-hydrogen) atoms. The molecule has 0 atom stereocenters. The van der Waals surface area contributed by atoms with E-state index < -0.39 is 0 Å². The number of nitrogens with zero attached hydrogens (tertiary/aromatic N) is 4. The second-order valence-electron chi connectivity index (χ2n) is 3.86. The Balaban J connectivity index is 2.02. The van der Waals surface area contributed by atoms with E-state index in [1.807, 2.05) is 31.3 Å². The largest absolute Gasteiger partial charge is 0.340 e. The minimum absolute atomic E-state index is 0.760. The first-order valence-corrected chi connectivity index (χ1v) is 6.18. The molecule has 0 amide bonds. The molecule has 3 rings (SSSR count). The van der Waals surface area contributed by atoms with E-state index in [0.717, 1.165) is 27.0 Å². The van der Waals surface area contributed by atoms with Gasteiger partial charge >= 0.3 is 0 Å². The maximum Gasteiger partial charge on any atom is 0.163 e. The lowest BCUT2D eigenvalue weighted by Gasteiger charge is -2.06. The summed E-state index contributed by atoms with van der Waals surface area (Å²) in [6.07, 6.45) is 3.29. The molecule has 0 fully saturated rings. The van der Waals surface area contributed by atoms with E-state index in [1.165, 1.54) is 6.33 Å². The number of fused-ring (bicyclic) bond motifs is 1. The van der Waals surface area contributed by atoms with E-state index >= 15 is 0 Å². The summed E-state index contributed by atoms with van der Waals surface area (Å²) in [5, 5.41) is 8.35. The second kappa shape index (κ2) is 4.38. The fourth-order valence-electron chi connectivity index (χ4n) is 1.73. The maximum absolute atomic E-state index is 4.25. The number of aromatic nitrogens is 4. The highest BCUT2D eigenvalue weighted by Gasteiger charge is 2.07. The number of hydrogen-bond acceptors (Lipinski definition) is 4. The molecule has 2 aromatic heterocycles. The normalized spacial score (nSPS) is 10.8. The zero-order chi connectivity index (χ0) is 12.5. The Bertz CT molecular complexity index is 689.